The van der Waals surface area contributed by atoms with Gasteiger partial charge in [0.15, 0.2) is 0 Å². The molecule has 23 heavy (non-hydrogen) atoms. The van der Waals surface area contributed by atoms with Gasteiger partial charge in [-0.1, -0.05) is 23.2 Å². The van der Waals surface area contributed by atoms with Gasteiger partial charge >= 0.3 is 0 Å². The first-order valence-electron chi connectivity index (χ1n) is 7.09. The molecule has 0 aliphatic rings. The second kappa shape index (κ2) is 6.81. The lowest BCUT2D eigenvalue weighted by atomic mass is 10.0. The number of benzene rings is 1. The van der Waals surface area contributed by atoms with E-state index in [1.165, 1.54) is 7.11 Å². The van der Waals surface area contributed by atoms with Crippen LogP contribution in [0.3, 0.4) is 0 Å². The van der Waals surface area contributed by atoms with E-state index in [1.807, 2.05) is 20.8 Å². The van der Waals surface area contributed by atoms with Crippen LogP contribution in [0, 0.1) is 13.8 Å². The fourth-order valence-electron chi connectivity index (χ4n) is 2.66. The Balaban J connectivity index is 2.41. The number of carbonyl (C=O) groups excluding carboxylic acids is 1. The number of amides is 1. The number of rotatable bonds is 4. The van der Waals surface area contributed by atoms with Gasteiger partial charge in [0, 0.05) is 23.3 Å². The fraction of sp³-hybridized carbons (Fsp3) is 0.375. The van der Waals surface area contributed by atoms with Gasteiger partial charge in [0.05, 0.1) is 29.4 Å². The molecule has 1 unspecified atom stereocenters. The van der Waals surface area contributed by atoms with Crippen LogP contribution in [-0.2, 0) is 0 Å². The summed E-state index contributed by atoms with van der Waals surface area (Å²) in [6.45, 7) is 5.78. The molecule has 1 amide bonds. The summed E-state index contributed by atoms with van der Waals surface area (Å²) < 4.78 is 5.26. The Morgan fingerprint density at radius 3 is 2.52 bits per heavy atom. The van der Waals surface area contributed by atoms with E-state index in [4.69, 9.17) is 27.9 Å². The number of aromatic amines is 1. The van der Waals surface area contributed by atoms with E-state index in [2.05, 4.69) is 10.2 Å². The summed E-state index contributed by atoms with van der Waals surface area (Å²) in [7, 11) is 3.20. The normalized spacial score (nSPS) is 12.1. The lowest BCUT2D eigenvalue weighted by Gasteiger charge is -2.26. The van der Waals surface area contributed by atoms with Crippen molar-refractivity contribution in [2.24, 2.45) is 0 Å². The molecule has 5 nitrogen and oxygen atoms in total. The van der Waals surface area contributed by atoms with Crippen molar-refractivity contribution in [1.29, 1.82) is 0 Å². The number of aromatic nitrogens is 2. The minimum absolute atomic E-state index is 0.163. The van der Waals surface area contributed by atoms with Crippen molar-refractivity contribution in [2.75, 3.05) is 14.2 Å². The summed E-state index contributed by atoms with van der Waals surface area (Å²) in [6, 6.07) is 2.95. The molecule has 0 bridgehead atoms. The Morgan fingerprint density at radius 1 is 1.35 bits per heavy atom. The number of carbonyl (C=O) groups is 1. The molecule has 0 spiro atoms. The Labute approximate surface area is 145 Å². The highest BCUT2D eigenvalue weighted by Gasteiger charge is 2.26. The van der Waals surface area contributed by atoms with Gasteiger partial charge in [-0.25, -0.2) is 0 Å². The second-order valence-corrected chi connectivity index (χ2v) is 6.25. The van der Waals surface area contributed by atoms with E-state index in [0.717, 1.165) is 17.0 Å². The number of ether oxygens (including phenoxy) is 1. The lowest BCUT2D eigenvalue weighted by molar-refractivity contribution is 0.0738. The zero-order valence-electron chi connectivity index (χ0n) is 13.7. The van der Waals surface area contributed by atoms with Crippen LogP contribution in [0.4, 0.5) is 0 Å². The molecule has 1 aromatic heterocycles. The average Bonchev–Trinajstić information content (AvgIpc) is 2.83. The van der Waals surface area contributed by atoms with Crippen molar-refractivity contribution in [1.82, 2.24) is 15.1 Å². The summed E-state index contributed by atoms with van der Waals surface area (Å²) in [6.07, 6.45) is 0. The molecule has 0 aliphatic carbocycles. The van der Waals surface area contributed by atoms with Crippen LogP contribution in [0.1, 0.15) is 40.3 Å². The van der Waals surface area contributed by atoms with Gasteiger partial charge in [-0.15, -0.1) is 0 Å². The van der Waals surface area contributed by atoms with Gasteiger partial charge in [0.25, 0.3) is 5.91 Å². The minimum atomic E-state index is -0.223. The minimum Gasteiger partial charge on any atom is -0.494 e. The first-order chi connectivity index (χ1) is 10.8. The quantitative estimate of drug-likeness (QED) is 0.894. The van der Waals surface area contributed by atoms with Crippen molar-refractivity contribution in [2.45, 2.75) is 26.8 Å². The zero-order chi connectivity index (χ0) is 17.3. The highest BCUT2D eigenvalue weighted by Crippen LogP contribution is 2.34. The number of nitrogens with zero attached hydrogens (tertiary/aromatic N) is 2. The third-order valence-electron chi connectivity index (χ3n) is 3.95. The van der Waals surface area contributed by atoms with E-state index < -0.39 is 0 Å². The molecule has 0 saturated heterocycles. The maximum Gasteiger partial charge on any atom is 0.257 e. The van der Waals surface area contributed by atoms with E-state index >= 15 is 0 Å². The summed E-state index contributed by atoms with van der Waals surface area (Å²) in [4.78, 5) is 14.5. The first kappa shape index (κ1) is 17.6. The van der Waals surface area contributed by atoms with Crippen LogP contribution in [-0.4, -0.2) is 35.2 Å². The third-order valence-corrected chi connectivity index (χ3v) is 4.45. The highest BCUT2D eigenvalue weighted by atomic mass is 35.5. The lowest BCUT2D eigenvalue weighted by Crippen LogP contribution is -2.30. The molecule has 1 atom stereocenters. The largest absolute Gasteiger partial charge is 0.494 e. The van der Waals surface area contributed by atoms with Gasteiger partial charge in [-0.05, 0) is 32.9 Å². The number of H-pyrrole nitrogens is 1. The topological polar surface area (TPSA) is 58.2 Å². The van der Waals surface area contributed by atoms with Crippen molar-refractivity contribution < 1.29 is 9.53 Å². The van der Waals surface area contributed by atoms with Crippen LogP contribution < -0.4 is 4.74 Å². The Morgan fingerprint density at radius 2 is 2.00 bits per heavy atom. The predicted molar refractivity (Wildman–Crippen MR) is 91.6 cm³/mol. The fourth-order valence-corrected chi connectivity index (χ4v) is 3.23. The van der Waals surface area contributed by atoms with Crippen LogP contribution >= 0.6 is 23.2 Å². The highest BCUT2D eigenvalue weighted by molar-refractivity contribution is 6.36. The van der Waals surface area contributed by atoms with Gasteiger partial charge in [0.2, 0.25) is 0 Å². The smallest absolute Gasteiger partial charge is 0.257 e. The molecule has 0 fully saturated rings. The number of halogens is 2. The van der Waals surface area contributed by atoms with E-state index in [9.17, 15) is 4.79 Å². The van der Waals surface area contributed by atoms with Gasteiger partial charge in [-0.3, -0.25) is 9.89 Å². The Hall–Kier alpha value is -1.72. The molecule has 2 aromatic rings. The Kier molecular flexibility index (Phi) is 5.22. The predicted octanol–water partition coefficient (Wildman–Crippen LogP) is 4.18. The standard InChI is InChI=1S/C16H19Cl2N3O2/c1-8-14(9(2)20-19-8)10(3)21(4)16(22)12-6-11(17)7-13(18)15(12)23-5/h6-7,10H,1-5H3,(H,19,20). The average molecular weight is 356 g/mol. The van der Waals surface area contributed by atoms with Gasteiger partial charge < -0.3 is 9.64 Å². The number of hydrogen-bond donors (Lipinski definition) is 1. The molecule has 1 aromatic carbocycles. The summed E-state index contributed by atoms with van der Waals surface area (Å²) in [5.74, 6) is 0.0968. The van der Waals surface area contributed by atoms with Gasteiger partial charge in [-0.2, -0.15) is 5.10 Å². The number of hydrogen-bond acceptors (Lipinski definition) is 3. The molecule has 7 heteroatoms. The second-order valence-electron chi connectivity index (χ2n) is 5.41. The molecule has 1 N–H and O–H groups in total. The summed E-state index contributed by atoms with van der Waals surface area (Å²) in [5.41, 5.74) is 3.13. The van der Waals surface area contributed by atoms with E-state index in [1.54, 1.807) is 24.1 Å². The number of aryl methyl sites for hydroxylation is 2. The molecule has 124 valence electrons. The third kappa shape index (κ3) is 3.31. The van der Waals surface area contributed by atoms with Crippen molar-refractivity contribution >= 4 is 29.1 Å². The zero-order valence-corrected chi connectivity index (χ0v) is 15.2. The maximum absolute atomic E-state index is 12.9. The molecule has 2 rings (SSSR count). The number of nitrogens with one attached hydrogen (secondary N) is 1. The number of methoxy groups -OCH3 is 1. The molecule has 0 saturated carbocycles. The van der Waals surface area contributed by atoms with Crippen LogP contribution in [0.5, 0.6) is 5.75 Å². The summed E-state index contributed by atoms with van der Waals surface area (Å²) in [5, 5.41) is 7.81. The van der Waals surface area contributed by atoms with Crippen LogP contribution in [0.2, 0.25) is 10.0 Å². The molecule has 0 aliphatic heterocycles. The first-order valence-corrected chi connectivity index (χ1v) is 7.85. The molecular weight excluding hydrogens is 337 g/mol. The van der Waals surface area contributed by atoms with E-state index in [0.29, 0.717) is 21.4 Å². The van der Waals surface area contributed by atoms with E-state index in [-0.39, 0.29) is 11.9 Å². The van der Waals surface area contributed by atoms with Crippen molar-refractivity contribution in [3.63, 3.8) is 0 Å². The molecule has 0 radical (unpaired) electrons. The SMILES string of the molecule is COc1c(Cl)cc(Cl)cc1C(=O)N(C)C(C)c1c(C)n[nH]c1C. The van der Waals surface area contributed by atoms with Crippen LogP contribution in [0.25, 0.3) is 0 Å². The molecular formula is C16H19Cl2N3O2. The monoisotopic (exact) mass is 355 g/mol. The van der Waals surface area contributed by atoms with Gasteiger partial charge in [0.1, 0.15) is 5.75 Å². The maximum atomic E-state index is 12.9. The van der Waals surface area contributed by atoms with Crippen molar-refractivity contribution in [3.05, 3.63) is 44.7 Å². The molecule has 1 heterocycles. The summed E-state index contributed by atoms with van der Waals surface area (Å²) >= 11 is 12.1. The Bertz CT molecular complexity index is 724. The van der Waals surface area contributed by atoms with Crippen LogP contribution in [0.15, 0.2) is 12.1 Å². The van der Waals surface area contributed by atoms with Crippen molar-refractivity contribution in [3.8, 4) is 5.75 Å².